The van der Waals surface area contributed by atoms with Gasteiger partial charge in [-0.3, -0.25) is 4.79 Å². The molecule has 2 unspecified atom stereocenters. The van der Waals surface area contributed by atoms with Crippen molar-refractivity contribution in [2.75, 3.05) is 13.7 Å². The van der Waals surface area contributed by atoms with Gasteiger partial charge in [0.05, 0.1) is 19.1 Å². The predicted octanol–water partition coefficient (Wildman–Crippen LogP) is 3.34. The lowest BCUT2D eigenvalue weighted by Crippen LogP contribution is -2.47. The van der Waals surface area contributed by atoms with E-state index in [-0.39, 0.29) is 11.5 Å². The third-order valence-corrected chi connectivity index (χ3v) is 4.40. The van der Waals surface area contributed by atoms with Gasteiger partial charge in [-0.2, -0.15) is 0 Å². The zero-order valence-electron chi connectivity index (χ0n) is 12.7. The van der Waals surface area contributed by atoms with E-state index < -0.39 is 0 Å². The van der Waals surface area contributed by atoms with Crippen LogP contribution >= 0.6 is 0 Å². The summed E-state index contributed by atoms with van der Waals surface area (Å²) in [5.74, 6) is 0.415. The fraction of sp³-hybridized carbons (Fsp3) is 0.588. The number of hydrogen-bond donors (Lipinski definition) is 1. The minimum Gasteiger partial charge on any atom is -0.469 e. The quantitative estimate of drug-likeness (QED) is 0.838. The number of benzene rings is 1. The van der Waals surface area contributed by atoms with Gasteiger partial charge in [0.1, 0.15) is 0 Å². The summed E-state index contributed by atoms with van der Waals surface area (Å²) in [7, 11) is 1.47. The molecule has 0 spiro atoms. The molecule has 0 aliphatic heterocycles. The Hall–Kier alpha value is -1.35. The van der Waals surface area contributed by atoms with Crippen molar-refractivity contribution in [1.82, 2.24) is 5.32 Å². The van der Waals surface area contributed by atoms with E-state index in [0.29, 0.717) is 12.3 Å². The molecule has 1 aliphatic rings. The van der Waals surface area contributed by atoms with E-state index in [1.165, 1.54) is 18.2 Å². The number of hydrogen-bond acceptors (Lipinski definition) is 3. The second-order valence-corrected chi connectivity index (χ2v) is 5.79. The maximum atomic E-state index is 11.9. The zero-order valence-corrected chi connectivity index (χ0v) is 12.7. The molecule has 0 amide bonds. The molecule has 0 heterocycles. The summed E-state index contributed by atoms with van der Waals surface area (Å²) in [6.07, 6.45) is 3.55. The lowest BCUT2D eigenvalue weighted by molar-refractivity contribution is -0.142. The molecule has 1 aromatic rings. The Labute approximate surface area is 121 Å². The van der Waals surface area contributed by atoms with Crippen LogP contribution in [0.15, 0.2) is 24.3 Å². The summed E-state index contributed by atoms with van der Waals surface area (Å²) in [4.78, 5) is 11.9. The van der Waals surface area contributed by atoms with Crippen molar-refractivity contribution in [2.24, 2.45) is 0 Å². The van der Waals surface area contributed by atoms with Gasteiger partial charge < -0.3 is 10.1 Å². The molecular weight excluding hydrogens is 250 g/mol. The molecule has 2 rings (SSSR count). The summed E-state index contributed by atoms with van der Waals surface area (Å²) in [5, 5.41) is 3.63. The van der Waals surface area contributed by atoms with Gasteiger partial charge >= 0.3 is 5.97 Å². The first-order valence-corrected chi connectivity index (χ1v) is 7.54. The zero-order chi connectivity index (χ0) is 14.6. The van der Waals surface area contributed by atoms with Gasteiger partial charge in [0.15, 0.2) is 0 Å². The van der Waals surface area contributed by atoms with Gasteiger partial charge in [-0.25, -0.2) is 0 Å². The molecule has 2 atom stereocenters. The summed E-state index contributed by atoms with van der Waals surface area (Å²) >= 11 is 0. The van der Waals surface area contributed by atoms with Crippen LogP contribution in [0.1, 0.15) is 56.6 Å². The molecule has 0 radical (unpaired) electrons. The summed E-state index contributed by atoms with van der Waals surface area (Å²) in [6.45, 7) is 5.33. The monoisotopic (exact) mass is 275 g/mol. The van der Waals surface area contributed by atoms with E-state index in [9.17, 15) is 4.79 Å². The number of carbonyl (C=O) groups is 1. The molecule has 0 fully saturated rings. The third-order valence-electron chi connectivity index (χ3n) is 4.40. The fourth-order valence-electron chi connectivity index (χ4n) is 3.23. The highest BCUT2D eigenvalue weighted by Gasteiger charge is 2.40. The molecule has 0 aromatic heterocycles. The van der Waals surface area contributed by atoms with Crippen LogP contribution in [-0.2, 0) is 15.1 Å². The lowest BCUT2D eigenvalue weighted by atomic mass is 9.70. The van der Waals surface area contributed by atoms with Crippen LogP contribution in [0.2, 0.25) is 0 Å². The Bertz CT molecular complexity index is 472. The highest BCUT2D eigenvalue weighted by molar-refractivity contribution is 5.71. The number of rotatable bonds is 5. The number of methoxy groups -OCH3 is 1. The Morgan fingerprint density at radius 1 is 1.45 bits per heavy atom. The maximum Gasteiger partial charge on any atom is 0.307 e. The smallest absolute Gasteiger partial charge is 0.307 e. The van der Waals surface area contributed by atoms with Crippen LogP contribution in [-0.4, -0.2) is 19.6 Å². The Balaban J connectivity index is 2.40. The lowest BCUT2D eigenvalue weighted by Gasteiger charge is -2.41. The standard InChI is InChI=1S/C17H25NO2/c1-4-11-18-17(12-16(19)20-3)10-9-13(2)14-7-5-6-8-15(14)17/h5-8,13,18H,4,9-12H2,1-3H3. The molecule has 0 saturated heterocycles. The fourth-order valence-corrected chi connectivity index (χ4v) is 3.23. The molecule has 20 heavy (non-hydrogen) atoms. The van der Waals surface area contributed by atoms with Crippen LogP contribution in [0.3, 0.4) is 0 Å². The van der Waals surface area contributed by atoms with Gasteiger partial charge in [-0.15, -0.1) is 0 Å². The summed E-state index contributed by atoms with van der Waals surface area (Å²) in [6, 6.07) is 8.51. The van der Waals surface area contributed by atoms with Gasteiger partial charge in [0.2, 0.25) is 0 Å². The Morgan fingerprint density at radius 3 is 2.90 bits per heavy atom. The van der Waals surface area contributed by atoms with Crippen LogP contribution in [0.5, 0.6) is 0 Å². The highest BCUT2D eigenvalue weighted by Crippen LogP contribution is 2.43. The van der Waals surface area contributed by atoms with Crippen molar-refractivity contribution >= 4 is 5.97 Å². The van der Waals surface area contributed by atoms with Gasteiger partial charge in [0.25, 0.3) is 0 Å². The largest absolute Gasteiger partial charge is 0.469 e. The highest BCUT2D eigenvalue weighted by atomic mass is 16.5. The van der Waals surface area contributed by atoms with E-state index in [1.54, 1.807) is 0 Å². The van der Waals surface area contributed by atoms with E-state index in [1.807, 2.05) is 0 Å². The number of fused-ring (bicyclic) bond motifs is 1. The van der Waals surface area contributed by atoms with Crippen molar-refractivity contribution in [2.45, 2.75) is 51.0 Å². The molecule has 110 valence electrons. The van der Waals surface area contributed by atoms with E-state index in [2.05, 4.69) is 43.4 Å². The molecule has 3 nitrogen and oxygen atoms in total. The summed E-state index contributed by atoms with van der Waals surface area (Å²) < 4.78 is 4.92. The average Bonchev–Trinajstić information content (AvgIpc) is 2.49. The normalized spacial score (nSPS) is 25.1. The van der Waals surface area contributed by atoms with Crippen molar-refractivity contribution < 1.29 is 9.53 Å². The molecule has 1 N–H and O–H groups in total. The van der Waals surface area contributed by atoms with Gasteiger partial charge in [-0.1, -0.05) is 38.1 Å². The molecular formula is C17H25NO2. The van der Waals surface area contributed by atoms with Crippen molar-refractivity contribution in [3.05, 3.63) is 35.4 Å². The second kappa shape index (κ2) is 6.40. The van der Waals surface area contributed by atoms with Crippen molar-refractivity contribution in [3.8, 4) is 0 Å². The van der Waals surface area contributed by atoms with Crippen molar-refractivity contribution in [1.29, 1.82) is 0 Å². The second-order valence-electron chi connectivity index (χ2n) is 5.79. The minimum atomic E-state index is -0.258. The van der Waals surface area contributed by atoms with Crippen LogP contribution in [0.4, 0.5) is 0 Å². The van der Waals surface area contributed by atoms with Gasteiger partial charge in [-0.05, 0) is 42.9 Å². The van der Waals surface area contributed by atoms with Crippen LogP contribution in [0, 0.1) is 0 Å². The molecule has 1 aliphatic carbocycles. The predicted molar refractivity (Wildman–Crippen MR) is 80.7 cm³/mol. The van der Waals surface area contributed by atoms with E-state index >= 15 is 0 Å². The first-order valence-electron chi connectivity index (χ1n) is 7.54. The molecule has 1 aromatic carbocycles. The molecule has 0 bridgehead atoms. The average molecular weight is 275 g/mol. The number of esters is 1. The first-order chi connectivity index (χ1) is 9.63. The van der Waals surface area contributed by atoms with Crippen molar-refractivity contribution in [3.63, 3.8) is 0 Å². The Kier molecular flexibility index (Phi) is 4.81. The maximum absolute atomic E-state index is 11.9. The first kappa shape index (κ1) is 15.0. The van der Waals surface area contributed by atoms with Gasteiger partial charge in [0, 0.05) is 0 Å². The SMILES string of the molecule is CCCNC1(CC(=O)OC)CCC(C)c2ccccc21. The van der Waals surface area contributed by atoms with Crippen LogP contribution < -0.4 is 5.32 Å². The minimum absolute atomic E-state index is 0.141. The molecule has 0 saturated carbocycles. The van der Waals surface area contributed by atoms with E-state index in [4.69, 9.17) is 4.74 Å². The Morgan fingerprint density at radius 2 is 2.20 bits per heavy atom. The third kappa shape index (κ3) is 2.88. The number of ether oxygens (including phenoxy) is 1. The molecule has 3 heteroatoms. The van der Waals surface area contributed by atoms with E-state index in [0.717, 1.165) is 25.8 Å². The van der Waals surface area contributed by atoms with Crippen LogP contribution in [0.25, 0.3) is 0 Å². The number of carbonyl (C=O) groups excluding carboxylic acids is 1. The topological polar surface area (TPSA) is 38.3 Å². The summed E-state index contributed by atoms with van der Waals surface area (Å²) in [5.41, 5.74) is 2.38. The number of nitrogens with one attached hydrogen (secondary N) is 1.